The number of imidazole rings is 1. The van der Waals surface area contributed by atoms with Gasteiger partial charge in [-0.1, -0.05) is 166 Å². The van der Waals surface area contributed by atoms with E-state index >= 15 is 0 Å². The van der Waals surface area contributed by atoms with E-state index in [0.717, 1.165) is 45.6 Å². The normalized spacial score (nSPS) is 9.96. The predicted molar refractivity (Wildman–Crippen MR) is 269 cm³/mol. The van der Waals surface area contributed by atoms with Crippen LogP contribution in [0.1, 0.15) is 37.7 Å². The van der Waals surface area contributed by atoms with Gasteiger partial charge in [-0.05, 0) is 42.8 Å². The summed E-state index contributed by atoms with van der Waals surface area (Å²) in [5, 5.41) is 5.25. The Morgan fingerprint density at radius 1 is 0.419 bits per heavy atom. The summed E-state index contributed by atoms with van der Waals surface area (Å²) in [4.78, 5) is 29.2. The Balaban J connectivity index is 0.000000241. The molecule has 18 heteroatoms. The molecule has 0 unspecified atom stereocenters. The van der Waals surface area contributed by atoms with Crippen LogP contribution < -0.4 is 0 Å². The summed E-state index contributed by atoms with van der Waals surface area (Å²) in [6.45, 7) is 10.4. The minimum absolute atomic E-state index is 0. The molecule has 0 spiro atoms. The molecule has 0 fully saturated rings. The van der Waals surface area contributed by atoms with Crippen molar-refractivity contribution >= 4 is 21.9 Å². The summed E-state index contributed by atoms with van der Waals surface area (Å²) in [7, 11) is 0. The van der Waals surface area contributed by atoms with Gasteiger partial charge in [0.2, 0.25) is 0 Å². The molecule has 0 saturated carbocycles. The van der Waals surface area contributed by atoms with Crippen molar-refractivity contribution in [1.82, 2.24) is 62.9 Å². The van der Waals surface area contributed by atoms with E-state index < -0.39 is 0 Å². The number of aromatic nitrogens is 13. The molecular formula is C56H48Ir5N13-5. The van der Waals surface area contributed by atoms with Crippen molar-refractivity contribution < 1.29 is 101 Å². The van der Waals surface area contributed by atoms with Gasteiger partial charge in [-0.25, -0.2) is 5.10 Å². The fourth-order valence-corrected chi connectivity index (χ4v) is 6.62. The first kappa shape index (κ1) is 62.4. The molecule has 387 valence electrons. The number of hydrogen-bond acceptors (Lipinski definition) is 8. The smallest absolute Gasteiger partial charge is 0.0552 e. The third-order valence-corrected chi connectivity index (χ3v) is 10.1. The molecule has 2 aromatic carbocycles. The maximum atomic E-state index is 4.30. The Bertz CT molecular complexity index is 3230. The van der Waals surface area contributed by atoms with E-state index in [4.69, 9.17) is 0 Å². The number of fused-ring (bicyclic) bond motifs is 2. The van der Waals surface area contributed by atoms with Crippen LogP contribution in [-0.4, -0.2) is 62.9 Å². The molecule has 0 atom stereocenters. The van der Waals surface area contributed by atoms with Gasteiger partial charge in [-0.3, -0.25) is 19.9 Å². The minimum Gasteiger partial charge on any atom is -0.435 e. The van der Waals surface area contributed by atoms with E-state index in [1.54, 1.807) is 31.0 Å². The van der Waals surface area contributed by atoms with Gasteiger partial charge >= 0.3 is 0 Å². The Morgan fingerprint density at radius 2 is 0.892 bits per heavy atom. The molecule has 0 aliphatic heterocycles. The molecule has 5 radical (unpaired) electrons. The third-order valence-electron chi connectivity index (χ3n) is 10.1. The van der Waals surface area contributed by atoms with Gasteiger partial charge in [-0.15, -0.1) is 53.2 Å². The Kier molecular flexibility index (Phi) is 26.3. The molecule has 0 aliphatic rings. The van der Waals surface area contributed by atoms with E-state index in [0.29, 0.717) is 5.82 Å². The van der Waals surface area contributed by atoms with Gasteiger partial charge in [0.15, 0.2) is 0 Å². The molecule has 0 aliphatic carbocycles. The van der Waals surface area contributed by atoms with E-state index in [2.05, 4.69) is 110 Å². The van der Waals surface area contributed by atoms with Crippen molar-refractivity contribution in [3.63, 3.8) is 0 Å². The monoisotopic (exact) mass is 1870 g/mol. The van der Waals surface area contributed by atoms with Crippen LogP contribution in [0.25, 0.3) is 51.0 Å². The number of para-hydroxylation sites is 3. The van der Waals surface area contributed by atoms with Gasteiger partial charge in [0, 0.05) is 150 Å². The van der Waals surface area contributed by atoms with Gasteiger partial charge in [-0.2, -0.15) is 0 Å². The fourth-order valence-electron chi connectivity index (χ4n) is 6.62. The zero-order chi connectivity index (χ0) is 47.8. The molecule has 0 N–H and O–H groups in total. The molecular weight excluding hydrogens is 1820 g/mol. The van der Waals surface area contributed by atoms with Crippen LogP contribution >= 0.6 is 0 Å². The molecule has 13 nitrogen and oxygen atoms in total. The number of pyridine rings is 5. The van der Waals surface area contributed by atoms with Crippen molar-refractivity contribution in [2.75, 3.05) is 0 Å². The van der Waals surface area contributed by atoms with Crippen molar-refractivity contribution in [3.8, 4) is 29.1 Å². The van der Waals surface area contributed by atoms with Crippen LogP contribution in [0.5, 0.6) is 0 Å². The first-order valence-corrected chi connectivity index (χ1v) is 22.1. The molecule has 74 heavy (non-hydrogen) atoms. The second kappa shape index (κ2) is 31.1. The third kappa shape index (κ3) is 17.4. The number of benzene rings is 2. The minimum atomic E-state index is 0. The fraction of sp³-hybridized carbons (Fsp3) is 0.107. The Labute approximate surface area is 499 Å². The molecule has 12 rings (SSSR count). The van der Waals surface area contributed by atoms with Crippen molar-refractivity contribution in [1.29, 1.82) is 0 Å². The van der Waals surface area contributed by atoms with Gasteiger partial charge in [0.05, 0.1) is 29.1 Å². The average molecular weight is 1860 g/mol. The first-order valence-electron chi connectivity index (χ1n) is 22.1. The predicted octanol–water partition coefficient (Wildman–Crippen LogP) is 10.8. The zero-order valence-corrected chi connectivity index (χ0v) is 52.5. The van der Waals surface area contributed by atoms with Gasteiger partial charge in [0.25, 0.3) is 0 Å². The zero-order valence-electron chi connectivity index (χ0n) is 40.5. The quantitative estimate of drug-likeness (QED) is 0.156. The van der Waals surface area contributed by atoms with Crippen molar-refractivity contribution in [2.45, 2.75) is 40.0 Å². The van der Waals surface area contributed by atoms with E-state index in [-0.39, 0.29) is 106 Å². The van der Waals surface area contributed by atoms with Crippen LogP contribution in [0.2, 0.25) is 0 Å². The van der Waals surface area contributed by atoms with Crippen LogP contribution in [0, 0.1) is 45.1 Å². The van der Waals surface area contributed by atoms with Crippen LogP contribution in [-0.2, 0) is 106 Å². The maximum absolute atomic E-state index is 4.30. The summed E-state index contributed by atoms with van der Waals surface area (Å²) in [6, 6.07) is 51.0. The van der Waals surface area contributed by atoms with Crippen LogP contribution in [0.15, 0.2) is 201 Å². The standard InChI is InChI=1S/C13H9N2.C13H15N2.C12H8N3.C10H9N2.C8H7N4.5Ir/c1-2-6-12-11(5-1)8-10-15(12)13-7-3-4-9-14-13;1-13(2,3)11-7-9-15(10-11)12-6-4-5-8-14-12;1-2-6-11-10(5-1)14-9-15(11)12-7-3-4-8-13-12;1-9-5-7-12(8-9)10-4-2-3-6-11-10;1-7-10-6-12(11-7)8-4-2-3-5-9-8;;;;;/h1-9H;4-8,10H,1-3H3;1-8H;2-6,8H,1H3;2-5H,1H3;;;;;/q5*-1;;;;;. The number of nitrogens with zero attached hydrogens (tertiary/aromatic N) is 13. The van der Waals surface area contributed by atoms with Gasteiger partial charge in [0.1, 0.15) is 0 Å². The van der Waals surface area contributed by atoms with E-state index in [9.17, 15) is 0 Å². The molecule has 0 saturated heterocycles. The SMILES string of the molecule is CC(C)(C)c1c[c-]n(-c2ccccn2)c1.Cc1c[c-]n(-c2ccccn2)c1.Cc1n[c-]n(-c2ccccn2)n1.[Ir].[Ir].[Ir].[Ir].[Ir].[c-]1cc2ccccc2n1-c1ccccn1.[c-]1nc2ccccc2n1-c1ccccn1. The summed E-state index contributed by atoms with van der Waals surface area (Å²) < 4.78 is 9.16. The molecule has 10 aromatic heterocycles. The van der Waals surface area contributed by atoms with E-state index in [1.165, 1.54) is 21.2 Å². The average Bonchev–Trinajstić information content (AvgIpc) is 4.27. The van der Waals surface area contributed by atoms with Crippen LogP contribution in [0.3, 0.4) is 0 Å². The summed E-state index contributed by atoms with van der Waals surface area (Å²) in [5.41, 5.74) is 5.72. The molecule has 12 aromatic rings. The largest absolute Gasteiger partial charge is 0.435 e. The summed E-state index contributed by atoms with van der Waals surface area (Å²) in [6.07, 6.45) is 28.0. The first-order chi connectivity index (χ1) is 33.7. The second-order valence-electron chi connectivity index (χ2n) is 16.3. The molecule has 10 heterocycles. The molecule has 0 amide bonds. The number of rotatable bonds is 5. The number of hydrogen-bond donors (Lipinski definition) is 0. The summed E-state index contributed by atoms with van der Waals surface area (Å²) in [5.74, 6) is 4.99. The topological polar surface area (TPSA) is 128 Å². The Morgan fingerprint density at radius 3 is 1.38 bits per heavy atom. The number of aryl methyl sites for hydroxylation is 2. The second-order valence-corrected chi connectivity index (χ2v) is 16.3. The van der Waals surface area contributed by atoms with Crippen LogP contribution in [0.4, 0.5) is 0 Å². The molecule has 0 bridgehead atoms. The Hall–Kier alpha value is -5.85. The maximum Gasteiger partial charge on any atom is 0.0552 e. The van der Waals surface area contributed by atoms with Gasteiger partial charge < -0.3 is 37.9 Å². The summed E-state index contributed by atoms with van der Waals surface area (Å²) >= 11 is 0. The van der Waals surface area contributed by atoms with E-state index in [1.807, 2.05) is 184 Å². The van der Waals surface area contributed by atoms with Crippen molar-refractivity contribution in [3.05, 3.63) is 249 Å². The van der Waals surface area contributed by atoms with Crippen molar-refractivity contribution in [2.24, 2.45) is 0 Å².